The summed E-state index contributed by atoms with van der Waals surface area (Å²) in [6.45, 7) is 2.32. The van der Waals surface area contributed by atoms with Gasteiger partial charge in [-0.25, -0.2) is 0 Å². The fourth-order valence-electron chi connectivity index (χ4n) is 3.19. The highest BCUT2D eigenvalue weighted by Crippen LogP contribution is 2.25. The first-order valence-corrected chi connectivity index (χ1v) is 7.90. The Morgan fingerprint density at radius 3 is 1.53 bits per heavy atom. The van der Waals surface area contributed by atoms with E-state index in [0.717, 1.165) is 12.0 Å². The standard InChI is InChI=1S/C8H17N.C8H16/c1-9(2)8-6-4-3-5-7-8;1-2-8-6-4-3-5-7-8/h8H,3-7H2,1-2H3;8H,2-7H2,1H3. The third-order valence-corrected chi connectivity index (χ3v) is 4.61. The molecule has 1 nitrogen and oxygen atoms in total. The molecule has 0 radical (unpaired) electrons. The van der Waals surface area contributed by atoms with Crippen molar-refractivity contribution in [1.29, 1.82) is 0 Å². The molecular weight excluding hydrogens is 206 g/mol. The van der Waals surface area contributed by atoms with Gasteiger partial charge >= 0.3 is 0 Å². The van der Waals surface area contributed by atoms with E-state index in [-0.39, 0.29) is 0 Å². The Morgan fingerprint density at radius 2 is 1.24 bits per heavy atom. The molecular formula is C16H33N. The molecule has 2 aliphatic rings. The van der Waals surface area contributed by atoms with E-state index in [4.69, 9.17) is 0 Å². The van der Waals surface area contributed by atoms with Gasteiger partial charge in [0.15, 0.2) is 0 Å². The van der Waals surface area contributed by atoms with E-state index in [0.29, 0.717) is 0 Å². The van der Waals surface area contributed by atoms with Gasteiger partial charge in [0.1, 0.15) is 0 Å². The van der Waals surface area contributed by atoms with Gasteiger partial charge in [-0.2, -0.15) is 0 Å². The van der Waals surface area contributed by atoms with Crippen LogP contribution in [0.25, 0.3) is 0 Å². The molecule has 2 fully saturated rings. The highest BCUT2D eigenvalue weighted by Gasteiger charge is 2.14. The zero-order chi connectivity index (χ0) is 12.5. The Bertz CT molecular complexity index is 164. The molecule has 17 heavy (non-hydrogen) atoms. The van der Waals surface area contributed by atoms with Crippen LogP contribution in [0, 0.1) is 5.92 Å². The van der Waals surface area contributed by atoms with Crippen LogP contribution in [0.4, 0.5) is 0 Å². The van der Waals surface area contributed by atoms with Gasteiger partial charge in [0.05, 0.1) is 0 Å². The monoisotopic (exact) mass is 239 g/mol. The summed E-state index contributed by atoms with van der Waals surface area (Å²) >= 11 is 0. The van der Waals surface area contributed by atoms with Crippen molar-refractivity contribution in [2.24, 2.45) is 5.92 Å². The third-order valence-electron chi connectivity index (χ3n) is 4.61. The van der Waals surface area contributed by atoms with Crippen molar-refractivity contribution in [1.82, 2.24) is 4.90 Å². The zero-order valence-electron chi connectivity index (χ0n) is 12.4. The average Bonchev–Trinajstić information content (AvgIpc) is 2.41. The molecule has 0 aliphatic heterocycles. The minimum Gasteiger partial charge on any atom is -0.306 e. The Balaban J connectivity index is 0.000000171. The topological polar surface area (TPSA) is 3.24 Å². The molecule has 0 spiro atoms. The summed E-state index contributed by atoms with van der Waals surface area (Å²) in [6, 6.07) is 0.888. The van der Waals surface area contributed by atoms with Crippen LogP contribution in [0.5, 0.6) is 0 Å². The van der Waals surface area contributed by atoms with E-state index in [1.165, 1.54) is 70.6 Å². The van der Waals surface area contributed by atoms with Crippen molar-refractivity contribution >= 4 is 0 Å². The summed E-state index contributed by atoms with van der Waals surface area (Å²) < 4.78 is 0. The van der Waals surface area contributed by atoms with Gasteiger partial charge in [-0.3, -0.25) is 0 Å². The summed E-state index contributed by atoms with van der Waals surface area (Å²) in [5.41, 5.74) is 0. The van der Waals surface area contributed by atoms with Gasteiger partial charge in [-0.1, -0.05) is 64.7 Å². The summed E-state index contributed by atoms with van der Waals surface area (Å²) in [5.74, 6) is 1.09. The summed E-state index contributed by atoms with van der Waals surface area (Å²) in [5, 5.41) is 0. The second-order valence-electron chi connectivity index (χ2n) is 6.17. The van der Waals surface area contributed by atoms with Crippen molar-refractivity contribution in [3.63, 3.8) is 0 Å². The van der Waals surface area contributed by atoms with Gasteiger partial charge in [0.2, 0.25) is 0 Å². The normalized spacial score (nSPS) is 23.3. The molecule has 2 aliphatic carbocycles. The molecule has 0 saturated heterocycles. The quantitative estimate of drug-likeness (QED) is 0.665. The van der Waals surface area contributed by atoms with Crippen LogP contribution >= 0.6 is 0 Å². The number of nitrogens with zero attached hydrogens (tertiary/aromatic N) is 1. The van der Waals surface area contributed by atoms with Crippen LogP contribution in [-0.2, 0) is 0 Å². The second kappa shape index (κ2) is 8.97. The van der Waals surface area contributed by atoms with Gasteiger partial charge in [0, 0.05) is 6.04 Å². The van der Waals surface area contributed by atoms with Gasteiger partial charge in [0.25, 0.3) is 0 Å². The molecule has 0 aromatic rings. The van der Waals surface area contributed by atoms with Gasteiger partial charge < -0.3 is 4.90 Å². The van der Waals surface area contributed by atoms with Crippen LogP contribution < -0.4 is 0 Å². The predicted octanol–water partition coefficient (Wildman–Crippen LogP) is 4.86. The van der Waals surface area contributed by atoms with Crippen LogP contribution in [0.1, 0.15) is 77.6 Å². The molecule has 0 atom stereocenters. The van der Waals surface area contributed by atoms with Crippen LogP contribution in [0.3, 0.4) is 0 Å². The fourth-order valence-corrected chi connectivity index (χ4v) is 3.19. The van der Waals surface area contributed by atoms with E-state index in [1.807, 2.05) is 0 Å². The predicted molar refractivity (Wildman–Crippen MR) is 77.4 cm³/mol. The van der Waals surface area contributed by atoms with Crippen molar-refractivity contribution in [3.8, 4) is 0 Å². The highest BCUT2D eigenvalue weighted by molar-refractivity contribution is 4.70. The molecule has 0 bridgehead atoms. The highest BCUT2D eigenvalue weighted by atomic mass is 15.1. The lowest BCUT2D eigenvalue weighted by molar-refractivity contribution is 0.229. The fraction of sp³-hybridized carbons (Fsp3) is 1.00. The Labute approximate surface area is 109 Å². The van der Waals surface area contributed by atoms with E-state index in [9.17, 15) is 0 Å². The van der Waals surface area contributed by atoms with Crippen molar-refractivity contribution in [3.05, 3.63) is 0 Å². The SMILES string of the molecule is CCC1CCCCC1.CN(C)C1CCCCC1. The zero-order valence-corrected chi connectivity index (χ0v) is 12.4. The van der Waals surface area contributed by atoms with Crippen LogP contribution in [-0.4, -0.2) is 25.0 Å². The molecule has 1 heteroatoms. The Kier molecular flexibility index (Phi) is 7.92. The van der Waals surface area contributed by atoms with Gasteiger partial charge in [-0.05, 0) is 32.9 Å². The van der Waals surface area contributed by atoms with Crippen molar-refractivity contribution in [2.45, 2.75) is 83.6 Å². The molecule has 0 unspecified atom stereocenters. The molecule has 0 heterocycles. The molecule has 2 saturated carbocycles. The molecule has 2 rings (SSSR count). The smallest absolute Gasteiger partial charge is 0.00891 e. The second-order valence-corrected chi connectivity index (χ2v) is 6.17. The van der Waals surface area contributed by atoms with E-state index >= 15 is 0 Å². The van der Waals surface area contributed by atoms with Gasteiger partial charge in [-0.15, -0.1) is 0 Å². The minimum absolute atomic E-state index is 0.888. The molecule has 0 aromatic carbocycles. The van der Waals surface area contributed by atoms with Crippen LogP contribution in [0.2, 0.25) is 0 Å². The van der Waals surface area contributed by atoms with Crippen molar-refractivity contribution in [2.75, 3.05) is 14.1 Å². The molecule has 102 valence electrons. The van der Waals surface area contributed by atoms with Crippen molar-refractivity contribution < 1.29 is 0 Å². The minimum atomic E-state index is 0.888. The van der Waals surface area contributed by atoms with E-state index in [1.54, 1.807) is 0 Å². The van der Waals surface area contributed by atoms with E-state index < -0.39 is 0 Å². The van der Waals surface area contributed by atoms with Crippen LogP contribution in [0.15, 0.2) is 0 Å². The maximum absolute atomic E-state index is 2.36. The lowest BCUT2D eigenvalue weighted by Gasteiger charge is -2.27. The lowest BCUT2D eigenvalue weighted by atomic mass is 9.88. The number of rotatable bonds is 2. The maximum Gasteiger partial charge on any atom is 0.00891 e. The number of hydrogen-bond donors (Lipinski definition) is 0. The lowest BCUT2D eigenvalue weighted by Crippen LogP contribution is -2.29. The number of hydrogen-bond acceptors (Lipinski definition) is 1. The Morgan fingerprint density at radius 1 is 0.765 bits per heavy atom. The first-order valence-electron chi connectivity index (χ1n) is 7.90. The summed E-state index contributed by atoms with van der Waals surface area (Å²) in [6.07, 6.45) is 16.1. The molecule has 0 aromatic heterocycles. The van der Waals surface area contributed by atoms with E-state index in [2.05, 4.69) is 25.9 Å². The molecule has 0 N–H and O–H groups in total. The first kappa shape index (κ1) is 15.0. The molecule has 0 amide bonds. The largest absolute Gasteiger partial charge is 0.306 e. The first-order chi connectivity index (χ1) is 8.24. The third kappa shape index (κ3) is 6.45. The summed E-state index contributed by atoms with van der Waals surface area (Å²) in [4.78, 5) is 2.36. The Hall–Kier alpha value is -0.0400. The average molecular weight is 239 g/mol. The summed E-state index contributed by atoms with van der Waals surface area (Å²) in [7, 11) is 4.38. The maximum atomic E-state index is 2.36.